The fraction of sp³-hybridized carbons (Fsp3) is 0.345. The minimum absolute atomic E-state index is 0.180. The lowest BCUT2D eigenvalue weighted by Gasteiger charge is -2.11. The average molecular weight is 493 g/mol. The number of ketones is 1. The zero-order chi connectivity index (χ0) is 26.2. The van der Waals surface area contributed by atoms with Crippen molar-refractivity contribution in [2.75, 3.05) is 7.11 Å². The molecule has 0 aliphatic rings. The molecular formula is C29H32O7. The summed E-state index contributed by atoms with van der Waals surface area (Å²) in [6.45, 7) is 5.53. The number of furan rings is 1. The van der Waals surface area contributed by atoms with Gasteiger partial charge in [0.1, 0.15) is 28.4 Å². The van der Waals surface area contributed by atoms with Crippen LogP contribution >= 0.6 is 0 Å². The molecule has 190 valence electrons. The maximum absolute atomic E-state index is 13.0. The van der Waals surface area contributed by atoms with Crippen molar-refractivity contribution in [1.29, 1.82) is 0 Å². The van der Waals surface area contributed by atoms with E-state index in [1.54, 1.807) is 19.1 Å². The molecule has 1 N–H and O–H groups in total. The number of rotatable bonds is 11. The molecular weight excluding hydrogens is 460 g/mol. The lowest BCUT2D eigenvalue weighted by Crippen LogP contribution is -2.16. The Balaban J connectivity index is 1.73. The Hall–Kier alpha value is -3.87. The summed E-state index contributed by atoms with van der Waals surface area (Å²) in [5, 5.41) is 11.4. The number of hydrogen-bond donors (Lipinski definition) is 1. The normalized spacial score (nSPS) is 12.8. The fourth-order valence-corrected chi connectivity index (χ4v) is 3.91. The summed E-state index contributed by atoms with van der Waals surface area (Å²) in [5.41, 5.74) is 0.857. The molecule has 0 radical (unpaired) electrons. The number of methoxy groups -OCH3 is 1. The van der Waals surface area contributed by atoms with E-state index in [4.69, 9.17) is 8.83 Å². The van der Waals surface area contributed by atoms with Gasteiger partial charge in [-0.05, 0) is 50.0 Å². The first-order valence-electron chi connectivity index (χ1n) is 12.1. The molecule has 36 heavy (non-hydrogen) atoms. The van der Waals surface area contributed by atoms with E-state index in [-0.39, 0.29) is 29.6 Å². The van der Waals surface area contributed by atoms with E-state index >= 15 is 0 Å². The van der Waals surface area contributed by atoms with Gasteiger partial charge >= 0.3 is 11.6 Å². The second-order valence-electron chi connectivity index (χ2n) is 8.85. The number of Topliss-reactive ketones (excluding diaryl/α,β-unsaturated/α-hetero) is 1. The minimum Gasteiger partial charge on any atom is -0.507 e. The summed E-state index contributed by atoms with van der Waals surface area (Å²) in [4.78, 5) is 36.7. The van der Waals surface area contributed by atoms with Crippen molar-refractivity contribution in [3.63, 3.8) is 0 Å². The summed E-state index contributed by atoms with van der Waals surface area (Å²) in [5.74, 6) is -0.767. The molecule has 2 heterocycles. The summed E-state index contributed by atoms with van der Waals surface area (Å²) in [6, 6.07) is 9.17. The van der Waals surface area contributed by atoms with Gasteiger partial charge in [-0.3, -0.25) is 9.59 Å². The quantitative estimate of drug-likeness (QED) is 0.144. The lowest BCUT2D eigenvalue weighted by molar-refractivity contribution is -0.139. The van der Waals surface area contributed by atoms with Crippen LogP contribution in [-0.4, -0.2) is 24.0 Å². The monoisotopic (exact) mass is 492 g/mol. The molecule has 0 saturated heterocycles. The molecule has 3 aromatic rings. The van der Waals surface area contributed by atoms with E-state index in [2.05, 4.69) is 17.7 Å². The highest BCUT2D eigenvalue weighted by atomic mass is 16.5. The number of carbonyl (C=O) groups excluding carboxylic acids is 2. The van der Waals surface area contributed by atoms with Gasteiger partial charge in [-0.2, -0.15) is 0 Å². The van der Waals surface area contributed by atoms with E-state index in [0.29, 0.717) is 18.6 Å². The maximum Gasteiger partial charge on any atom is 0.351 e. The van der Waals surface area contributed by atoms with Gasteiger partial charge in [-0.1, -0.05) is 44.6 Å². The Morgan fingerprint density at radius 1 is 1.14 bits per heavy atom. The molecule has 2 aromatic heterocycles. The summed E-state index contributed by atoms with van der Waals surface area (Å²) >= 11 is 0. The van der Waals surface area contributed by atoms with Crippen LogP contribution < -0.4 is 5.63 Å². The molecule has 3 rings (SSSR count). The van der Waals surface area contributed by atoms with Gasteiger partial charge in [0.25, 0.3) is 0 Å². The van der Waals surface area contributed by atoms with Gasteiger partial charge in [0.05, 0.1) is 13.5 Å². The van der Waals surface area contributed by atoms with Gasteiger partial charge in [0.2, 0.25) is 0 Å². The van der Waals surface area contributed by atoms with E-state index in [9.17, 15) is 19.5 Å². The molecule has 1 aromatic carbocycles. The van der Waals surface area contributed by atoms with Crippen molar-refractivity contribution < 1.29 is 28.3 Å². The topological polar surface area (TPSA) is 107 Å². The van der Waals surface area contributed by atoms with E-state index in [1.807, 2.05) is 31.2 Å². The van der Waals surface area contributed by atoms with Gasteiger partial charge < -0.3 is 18.7 Å². The number of fused-ring (bicyclic) bond motifs is 1. The van der Waals surface area contributed by atoms with Gasteiger partial charge in [0.15, 0.2) is 5.78 Å². The molecule has 0 aliphatic carbocycles. The third-order valence-electron chi connectivity index (χ3n) is 5.97. The van der Waals surface area contributed by atoms with Crippen LogP contribution in [0.2, 0.25) is 0 Å². The molecule has 1 atom stereocenters. The predicted octanol–water partition coefficient (Wildman–Crippen LogP) is 6.33. The number of aryl methyl sites for hydroxylation is 1. The third kappa shape index (κ3) is 6.62. The first kappa shape index (κ1) is 26.7. The Morgan fingerprint density at radius 2 is 1.92 bits per heavy atom. The smallest absolute Gasteiger partial charge is 0.351 e. The number of carbonyl (C=O) groups is 2. The minimum atomic E-state index is -0.885. The van der Waals surface area contributed by atoms with Crippen LogP contribution in [0.5, 0.6) is 5.75 Å². The zero-order valence-corrected chi connectivity index (χ0v) is 21.1. The molecule has 1 unspecified atom stereocenters. The Kier molecular flexibility index (Phi) is 9.06. The second kappa shape index (κ2) is 12.2. The highest BCUT2D eigenvalue weighted by Gasteiger charge is 2.22. The van der Waals surface area contributed by atoms with Gasteiger partial charge in [0, 0.05) is 22.9 Å². The Labute approximate surface area is 210 Å². The molecule has 0 aliphatic heterocycles. The molecule has 0 bridgehead atoms. The zero-order valence-electron chi connectivity index (χ0n) is 21.1. The van der Waals surface area contributed by atoms with Crippen molar-refractivity contribution in [2.45, 2.75) is 58.8 Å². The number of hydrogen-bond acceptors (Lipinski definition) is 7. The van der Waals surface area contributed by atoms with Crippen molar-refractivity contribution in [3.8, 4) is 5.75 Å². The molecule has 7 nitrogen and oxygen atoms in total. The molecule has 0 spiro atoms. The van der Waals surface area contributed by atoms with Crippen LogP contribution in [0.4, 0.5) is 0 Å². The second-order valence-corrected chi connectivity index (χ2v) is 8.85. The van der Waals surface area contributed by atoms with Crippen LogP contribution in [0, 0.1) is 0 Å². The highest BCUT2D eigenvalue weighted by molar-refractivity contribution is 6.12. The molecule has 0 fully saturated rings. The van der Waals surface area contributed by atoms with Gasteiger partial charge in [-0.15, -0.1) is 0 Å². The lowest BCUT2D eigenvalue weighted by atomic mass is 9.99. The van der Waals surface area contributed by atoms with Crippen LogP contribution in [0.3, 0.4) is 0 Å². The Morgan fingerprint density at radius 3 is 2.61 bits per heavy atom. The van der Waals surface area contributed by atoms with Crippen molar-refractivity contribution in [3.05, 3.63) is 81.1 Å². The number of benzene rings is 1. The van der Waals surface area contributed by atoms with Crippen LogP contribution in [-0.2, 0) is 16.0 Å². The van der Waals surface area contributed by atoms with Crippen LogP contribution in [0.15, 0.2) is 61.7 Å². The maximum atomic E-state index is 13.0. The number of esters is 1. The first-order chi connectivity index (χ1) is 17.2. The van der Waals surface area contributed by atoms with Crippen LogP contribution in [0.25, 0.3) is 17.0 Å². The average Bonchev–Trinajstić information content (AvgIpc) is 3.24. The largest absolute Gasteiger partial charge is 0.507 e. The van der Waals surface area contributed by atoms with Crippen molar-refractivity contribution in [2.24, 2.45) is 0 Å². The molecule has 0 saturated carbocycles. The number of aromatic hydroxyl groups is 1. The van der Waals surface area contributed by atoms with E-state index < -0.39 is 22.7 Å². The fourth-order valence-electron chi connectivity index (χ4n) is 3.91. The number of ether oxygens (including phenoxy) is 1. The van der Waals surface area contributed by atoms with Crippen molar-refractivity contribution >= 4 is 28.8 Å². The molecule has 0 amide bonds. The van der Waals surface area contributed by atoms with E-state index in [1.165, 1.54) is 18.7 Å². The van der Waals surface area contributed by atoms with Crippen molar-refractivity contribution in [1.82, 2.24) is 0 Å². The summed E-state index contributed by atoms with van der Waals surface area (Å²) in [7, 11) is 1.33. The number of allylic oxidation sites excluding steroid dienone is 2. The molecule has 7 heteroatoms. The highest BCUT2D eigenvalue weighted by Crippen LogP contribution is 2.27. The van der Waals surface area contributed by atoms with E-state index in [0.717, 1.165) is 23.8 Å². The third-order valence-corrected chi connectivity index (χ3v) is 5.97. The Bertz CT molecular complexity index is 1350. The first-order valence-corrected chi connectivity index (χ1v) is 12.1. The standard InChI is InChI=1S/C29H32O7/c1-5-9-20-12-13-21-16-22(35-25(21)15-20)14-19(3)28(32)27-23(30)17-24(36-29(27)33)18(2)10-7-6-8-11-26(31)34-4/h6,8,12-18,30H,5,7,9-11H2,1-4H3/b8-6+,19-14?. The van der Waals surface area contributed by atoms with Crippen LogP contribution in [0.1, 0.15) is 79.8 Å². The predicted molar refractivity (Wildman–Crippen MR) is 138 cm³/mol. The van der Waals surface area contributed by atoms with Gasteiger partial charge in [-0.25, -0.2) is 4.79 Å². The SMILES string of the molecule is CCCc1ccc2cc(C=C(C)C(=O)c3c(O)cc(C(C)CC/C=C/CC(=O)OC)oc3=O)oc2c1. The summed E-state index contributed by atoms with van der Waals surface area (Å²) < 4.78 is 15.8. The summed E-state index contributed by atoms with van der Waals surface area (Å²) in [6.07, 6.45) is 8.56.